The minimum absolute atomic E-state index is 0.137. The van der Waals surface area contributed by atoms with Gasteiger partial charge in [-0.2, -0.15) is 0 Å². The van der Waals surface area contributed by atoms with Crippen molar-refractivity contribution in [2.75, 3.05) is 19.4 Å². The maximum Gasteiger partial charge on any atom is 0.248 e. The number of hydrogen-bond donors (Lipinski definition) is 1. The highest BCUT2D eigenvalue weighted by molar-refractivity contribution is 7.89. The zero-order valence-corrected chi connectivity index (χ0v) is 13.8. The average molecular weight is 336 g/mol. The zero-order chi connectivity index (χ0) is 16.2. The molecule has 0 aliphatic rings. The minimum atomic E-state index is -3.52. The van der Waals surface area contributed by atoms with Gasteiger partial charge in [-0.15, -0.1) is 11.3 Å². The van der Waals surface area contributed by atoms with Gasteiger partial charge in [-0.25, -0.2) is 12.7 Å². The Hall–Kier alpha value is -1.96. The van der Waals surface area contributed by atoms with Gasteiger partial charge >= 0.3 is 0 Å². The van der Waals surface area contributed by atoms with Crippen LogP contribution in [0.3, 0.4) is 0 Å². The second-order valence-corrected chi connectivity index (χ2v) is 7.78. The van der Waals surface area contributed by atoms with Crippen molar-refractivity contribution in [3.05, 3.63) is 52.7 Å². The quantitative estimate of drug-likeness (QED) is 0.854. The van der Waals surface area contributed by atoms with E-state index >= 15 is 0 Å². The Kier molecular flexibility index (Phi) is 5.12. The van der Waals surface area contributed by atoms with Crippen LogP contribution in [-0.2, 0) is 14.8 Å². The van der Waals surface area contributed by atoms with Gasteiger partial charge in [-0.1, -0.05) is 12.1 Å². The molecule has 0 aliphatic carbocycles. The molecule has 5 nitrogen and oxygen atoms in total. The molecule has 0 atom stereocenters. The summed E-state index contributed by atoms with van der Waals surface area (Å²) in [5.41, 5.74) is 0.434. The third kappa shape index (κ3) is 4.03. The fourth-order valence-electron chi connectivity index (χ4n) is 1.67. The molecule has 2 rings (SSSR count). The number of nitrogens with zero attached hydrogens (tertiary/aromatic N) is 1. The molecule has 0 fully saturated rings. The van der Waals surface area contributed by atoms with Crippen LogP contribution in [0.15, 0.2) is 52.7 Å². The summed E-state index contributed by atoms with van der Waals surface area (Å²) < 4.78 is 25.2. The van der Waals surface area contributed by atoms with Gasteiger partial charge in [0.1, 0.15) is 0 Å². The maximum atomic E-state index is 12.1. The lowest BCUT2D eigenvalue weighted by Crippen LogP contribution is -2.22. The first-order chi connectivity index (χ1) is 10.4. The number of amides is 1. The summed E-state index contributed by atoms with van der Waals surface area (Å²) in [5, 5.41) is 4.58. The third-order valence-corrected chi connectivity index (χ3v) is 5.47. The van der Waals surface area contributed by atoms with Crippen molar-refractivity contribution in [2.24, 2.45) is 0 Å². The van der Waals surface area contributed by atoms with Crippen molar-refractivity contribution in [1.29, 1.82) is 0 Å². The molecule has 1 N–H and O–H groups in total. The van der Waals surface area contributed by atoms with E-state index < -0.39 is 10.0 Å². The molecule has 0 unspecified atom stereocenters. The molecule has 7 heteroatoms. The summed E-state index contributed by atoms with van der Waals surface area (Å²) in [5.74, 6) is -0.312. The molecule has 0 bridgehead atoms. The van der Waals surface area contributed by atoms with E-state index in [1.54, 1.807) is 18.2 Å². The first-order valence-corrected chi connectivity index (χ1v) is 8.77. The van der Waals surface area contributed by atoms with Gasteiger partial charge in [0, 0.05) is 30.7 Å². The summed E-state index contributed by atoms with van der Waals surface area (Å²) in [6.45, 7) is 0. The molecule has 0 aliphatic heterocycles. The van der Waals surface area contributed by atoms with Crippen LogP contribution in [0, 0.1) is 0 Å². The molecule has 0 saturated heterocycles. The standard InChI is InChI=1S/C15H16N2O3S2/c1-17(2)22(19,20)14-7-3-5-12(11-14)16-15(18)9-8-13-6-4-10-21-13/h3-11H,1-2H3,(H,16,18). The number of hydrogen-bond acceptors (Lipinski definition) is 4. The molecular weight excluding hydrogens is 320 g/mol. The van der Waals surface area contributed by atoms with Crippen LogP contribution in [0.2, 0.25) is 0 Å². The SMILES string of the molecule is CN(C)S(=O)(=O)c1cccc(NC(=O)C=Cc2cccs2)c1. The van der Waals surface area contributed by atoms with Crippen molar-refractivity contribution in [3.8, 4) is 0 Å². The number of benzene rings is 1. The van der Waals surface area contributed by atoms with Gasteiger partial charge in [0.2, 0.25) is 15.9 Å². The van der Waals surface area contributed by atoms with Gasteiger partial charge in [-0.3, -0.25) is 4.79 Å². The Morgan fingerprint density at radius 1 is 1.23 bits per heavy atom. The van der Waals surface area contributed by atoms with E-state index in [2.05, 4.69) is 5.32 Å². The molecule has 1 aromatic heterocycles. The molecule has 1 aromatic carbocycles. The van der Waals surface area contributed by atoms with E-state index in [-0.39, 0.29) is 10.8 Å². The van der Waals surface area contributed by atoms with E-state index in [0.717, 1.165) is 9.18 Å². The van der Waals surface area contributed by atoms with Gasteiger partial charge in [0.15, 0.2) is 0 Å². The molecule has 0 saturated carbocycles. The Morgan fingerprint density at radius 2 is 2.00 bits per heavy atom. The van der Waals surface area contributed by atoms with E-state index in [1.165, 1.54) is 43.6 Å². The average Bonchev–Trinajstić information content (AvgIpc) is 2.98. The number of carbonyl (C=O) groups is 1. The number of carbonyl (C=O) groups excluding carboxylic acids is 1. The summed E-state index contributed by atoms with van der Waals surface area (Å²) in [6.07, 6.45) is 3.12. The number of nitrogens with one attached hydrogen (secondary N) is 1. The number of thiophene rings is 1. The molecule has 0 radical (unpaired) electrons. The predicted molar refractivity (Wildman–Crippen MR) is 89.3 cm³/mol. The second-order valence-electron chi connectivity index (χ2n) is 4.65. The lowest BCUT2D eigenvalue weighted by atomic mass is 10.3. The van der Waals surface area contributed by atoms with Crippen molar-refractivity contribution in [2.45, 2.75) is 4.90 Å². The maximum absolute atomic E-state index is 12.1. The highest BCUT2D eigenvalue weighted by Gasteiger charge is 2.17. The zero-order valence-electron chi connectivity index (χ0n) is 12.2. The van der Waals surface area contributed by atoms with E-state index in [4.69, 9.17) is 0 Å². The molecule has 2 aromatic rings. The second kappa shape index (κ2) is 6.87. The normalized spacial score (nSPS) is 12.0. The van der Waals surface area contributed by atoms with Gasteiger partial charge in [0.05, 0.1) is 4.90 Å². The molecular formula is C15H16N2O3S2. The Balaban J connectivity index is 2.12. The summed E-state index contributed by atoms with van der Waals surface area (Å²) in [6, 6.07) is 9.97. The van der Waals surface area contributed by atoms with Crippen LogP contribution >= 0.6 is 11.3 Å². The highest BCUT2D eigenvalue weighted by Crippen LogP contribution is 2.18. The number of anilines is 1. The van der Waals surface area contributed by atoms with Crippen molar-refractivity contribution in [3.63, 3.8) is 0 Å². The minimum Gasteiger partial charge on any atom is -0.322 e. The molecule has 0 spiro atoms. The van der Waals surface area contributed by atoms with Crippen molar-refractivity contribution < 1.29 is 13.2 Å². The van der Waals surface area contributed by atoms with E-state index in [0.29, 0.717) is 5.69 Å². The van der Waals surface area contributed by atoms with Crippen molar-refractivity contribution >= 4 is 39.0 Å². The first kappa shape index (κ1) is 16.4. The lowest BCUT2D eigenvalue weighted by molar-refractivity contribution is -0.111. The van der Waals surface area contributed by atoms with Crippen molar-refractivity contribution in [1.82, 2.24) is 4.31 Å². The largest absolute Gasteiger partial charge is 0.322 e. The van der Waals surface area contributed by atoms with Gasteiger partial charge in [0.25, 0.3) is 0 Å². The Morgan fingerprint density at radius 3 is 2.64 bits per heavy atom. The van der Waals surface area contributed by atoms with Crippen LogP contribution < -0.4 is 5.32 Å². The molecule has 1 amide bonds. The third-order valence-electron chi connectivity index (χ3n) is 2.82. The number of sulfonamides is 1. The van der Waals surface area contributed by atoms with Gasteiger partial charge in [-0.05, 0) is 35.7 Å². The Bertz CT molecular complexity index is 779. The van der Waals surface area contributed by atoms with E-state index in [1.807, 2.05) is 17.5 Å². The van der Waals surface area contributed by atoms with Crippen LogP contribution in [0.1, 0.15) is 4.88 Å². The van der Waals surface area contributed by atoms with E-state index in [9.17, 15) is 13.2 Å². The highest BCUT2D eigenvalue weighted by atomic mass is 32.2. The van der Waals surface area contributed by atoms with Crippen LogP contribution in [0.5, 0.6) is 0 Å². The summed E-state index contributed by atoms with van der Waals surface area (Å²) in [7, 11) is -0.592. The summed E-state index contributed by atoms with van der Waals surface area (Å²) >= 11 is 1.53. The van der Waals surface area contributed by atoms with Crippen LogP contribution in [0.4, 0.5) is 5.69 Å². The predicted octanol–water partition coefficient (Wildman–Crippen LogP) is 2.65. The topological polar surface area (TPSA) is 66.5 Å². The number of rotatable bonds is 5. The lowest BCUT2D eigenvalue weighted by Gasteiger charge is -2.12. The fourth-order valence-corrected chi connectivity index (χ4v) is 3.24. The summed E-state index contributed by atoms with van der Waals surface area (Å²) in [4.78, 5) is 13.0. The smallest absolute Gasteiger partial charge is 0.248 e. The van der Waals surface area contributed by atoms with Crippen LogP contribution in [0.25, 0.3) is 6.08 Å². The van der Waals surface area contributed by atoms with Gasteiger partial charge < -0.3 is 5.32 Å². The first-order valence-electron chi connectivity index (χ1n) is 6.45. The molecule has 1 heterocycles. The fraction of sp³-hybridized carbons (Fsp3) is 0.133. The Labute approximate surface area is 133 Å². The molecule has 22 heavy (non-hydrogen) atoms. The van der Waals surface area contributed by atoms with Crippen LogP contribution in [-0.4, -0.2) is 32.7 Å². The molecule has 116 valence electrons. The monoisotopic (exact) mass is 336 g/mol.